The molecule has 1 aliphatic rings. The molecule has 10 heteroatoms. The Balaban J connectivity index is 1.45. The highest BCUT2D eigenvalue weighted by molar-refractivity contribution is 6.01. The van der Waals surface area contributed by atoms with Crippen LogP contribution in [0.25, 0.3) is 22.5 Å². The largest absolute Gasteiger partial charge is 0.424 e. The zero-order chi connectivity index (χ0) is 23.9. The zero-order valence-electron chi connectivity index (χ0n) is 18.1. The van der Waals surface area contributed by atoms with Gasteiger partial charge in [-0.1, -0.05) is 18.2 Å². The van der Waals surface area contributed by atoms with Crippen LogP contribution in [0.3, 0.4) is 0 Å². The Hall–Kier alpha value is -3.95. The van der Waals surface area contributed by atoms with Crippen molar-refractivity contribution in [2.75, 3.05) is 18.4 Å². The van der Waals surface area contributed by atoms with Gasteiger partial charge in [-0.25, -0.2) is 23.1 Å². The topological polar surface area (TPSA) is 84.2 Å². The second-order valence-corrected chi connectivity index (χ2v) is 8.08. The standard InChI is InChI=1S/C24H20F3N5O2/c1-14-7-8-15(19(20(14)25)21-28-10-4-11-29-21)22(33)32-12-9-24(26,27)18(32)13-30-23-31-16-5-2-3-6-17(16)34-23/h2-8,10-11,18H,9,12-13H2,1H3,(H,30,31). The number of hydrogen-bond acceptors (Lipinski definition) is 6. The summed E-state index contributed by atoms with van der Waals surface area (Å²) in [5, 5.41) is 2.78. The van der Waals surface area contributed by atoms with Crippen molar-refractivity contribution < 1.29 is 22.4 Å². The number of aromatic nitrogens is 3. The van der Waals surface area contributed by atoms with Gasteiger partial charge in [0, 0.05) is 31.9 Å². The van der Waals surface area contributed by atoms with Crippen molar-refractivity contribution in [3.05, 3.63) is 71.8 Å². The first-order valence-corrected chi connectivity index (χ1v) is 10.7. The van der Waals surface area contributed by atoms with Crippen LogP contribution in [0.2, 0.25) is 0 Å². The van der Waals surface area contributed by atoms with Gasteiger partial charge in [0.15, 0.2) is 11.4 Å². The lowest BCUT2D eigenvalue weighted by molar-refractivity contribution is -0.0249. The van der Waals surface area contributed by atoms with Crippen molar-refractivity contribution in [3.63, 3.8) is 0 Å². The van der Waals surface area contributed by atoms with Gasteiger partial charge in [0.2, 0.25) is 0 Å². The average Bonchev–Trinajstić information content (AvgIpc) is 3.38. The molecular formula is C24H20F3N5O2. The maximum Gasteiger partial charge on any atom is 0.295 e. The lowest BCUT2D eigenvalue weighted by atomic mass is 10.0. The monoisotopic (exact) mass is 467 g/mol. The zero-order valence-corrected chi connectivity index (χ0v) is 18.1. The van der Waals surface area contributed by atoms with Crippen LogP contribution in [0.5, 0.6) is 0 Å². The van der Waals surface area contributed by atoms with E-state index in [0.717, 1.165) is 4.90 Å². The molecule has 1 amide bonds. The van der Waals surface area contributed by atoms with Gasteiger partial charge in [-0.15, -0.1) is 0 Å². The minimum absolute atomic E-state index is 0.0131. The number of carbonyl (C=O) groups excluding carboxylic acids is 1. The van der Waals surface area contributed by atoms with E-state index >= 15 is 4.39 Å². The van der Waals surface area contributed by atoms with E-state index in [2.05, 4.69) is 20.3 Å². The maximum absolute atomic E-state index is 15.1. The Kier molecular flexibility index (Phi) is 5.43. The Morgan fingerprint density at radius 2 is 1.94 bits per heavy atom. The molecule has 7 nitrogen and oxygen atoms in total. The van der Waals surface area contributed by atoms with Crippen LogP contribution in [0, 0.1) is 12.7 Å². The third-order valence-corrected chi connectivity index (χ3v) is 5.91. The number of para-hydroxylation sites is 2. The summed E-state index contributed by atoms with van der Waals surface area (Å²) in [4.78, 5) is 26.9. The number of oxazole rings is 1. The molecule has 2 aromatic heterocycles. The number of fused-ring (bicyclic) bond motifs is 1. The molecule has 0 spiro atoms. The quantitative estimate of drug-likeness (QED) is 0.458. The lowest BCUT2D eigenvalue weighted by Crippen LogP contribution is -2.47. The first-order valence-electron chi connectivity index (χ1n) is 10.7. The third kappa shape index (κ3) is 3.85. The van der Waals surface area contributed by atoms with Crippen LogP contribution in [0.4, 0.5) is 19.2 Å². The van der Waals surface area contributed by atoms with E-state index in [4.69, 9.17) is 4.42 Å². The summed E-state index contributed by atoms with van der Waals surface area (Å²) in [7, 11) is 0. The predicted octanol–water partition coefficient (Wildman–Crippen LogP) is 4.69. The predicted molar refractivity (Wildman–Crippen MR) is 119 cm³/mol. The molecule has 1 atom stereocenters. The van der Waals surface area contributed by atoms with E-state index in [0.29, 0.717) is 16.7 Å². The second-order valence-electron chi connectivity index (χ2n) is 8.08. The maximum atomic E-state index is 15.1. The number of likely N-dealkylation sites (tertiary alicyclic amines) is 1. The second kappa shape index (κ2) is 8.44. The molecule has 1 saturated heterocycles. The Bertz CT molecular complexity index is 1330. The summed E-state index contributed by atoms with van der Waals surface area (Å²) in [6.07, 6.45) is 2.34. The van der Waals surface area contributed by atoms with Gasteiger partial charge in [0.1, 0.15) is 17.4 Å². The minimum atomic E-state index is -3.15. The molecule has 34 heavy (non-hydrogen) atoms. The summed E-state index contributed by atoms with van der Waals surface area (Å²) in [5.41, 5.74) is 1.21. The van der Waals surface area contributed by atoms with Gasteiger partial charge < -0.3 is 14.6 Å². The van der Waals surface area contributed by atoms with Crippen LogP contribution < -0.4 is 5.32 Å². The molecule has 1 fully saturated rings. The summed E-state index contributed by atoms with van der Waals surface area (Å²) < 4.78 is 50.3. The molecule has 174 valence electrons. The Morgan fingerprint density at radius 3 is 2.71 bits per heavy atom. The fraction of sp³-hybridized carbons (Fsp3) is 0.250. The van der Waals surface area contributed by atoms with Gasteiger partial charge in [0.05, 0.1) is 11.1 Å². The highest BCUT2D eigenvalue weighted by atomic mass is 19.3. The van der Waals surface area contributed by atoms with Crippen LogP contribution in [0.1, 0.15) is 22.3 Å². The molecule has 4 aromatic rings. The van der Waals surface area contributed by atoms with Crippen molar-refractivity contribution in [2.24, 2.45) is 0 Å². The first kappa shape index (κ1) is 21.9. The fourth-order valence-corrected chi connectivity index (χ4v) is 4.11. The molecule has 1 N–H and O–H groups in total. The van der Waals surface area contributed by atoms with Gasteiger partial charge in [-0.3, -0.25) is 4.79 Å². The Morgan fingerprint density at radius 1 is 1.18 bits per heavy atom. The molecular weight excluding hydrogens is 447 g/mol. The van der Waals surface area contributed by atoms with E-state index in [-0.39, 0.29) is 36.1 Å². The number of amides is 1. The van der Waals surface area contributed by atoms with Gasteiger partial charge in [-0.2, -0.15) is 4.98 Å². The van der Waals surface area contributed by atoms with Crippen LogP contribution >= 0.6 is 0 Å². The average molecular weight is 467 g/mol. The highest BCUT2D eigenvalue weighted by Crippen LogP contribution is 2.37. The Labute approximate surface area is 192 Å². The number of nitrogens with zero attached hydrogens (tertiary/aromatic N) is 4. The molecule has 0 aliphatic carbocycles. The minimum Gasteiger partial charge on any atom is -0.424 e. The number of hydrogen-bond donors (Lipinski definition) is 1. The van der Waals surface area contributed by atoms with Gasteiger partial charge in [-0.05, 0) is 36.8 Å². The number of aryl methyl sites for hydroxylation is 1. The number of nitrogens with one attached hydrogen (secondary N) is 1. The third-order valence-electron chi connectivity index (χ3n) is 5.91. The van der Waals surface area contributed by atoms with Gasteiger partial charge >= 0.3 is 0 Å². The van der Waals surface area contributed by atoms with Crippen LogP contribution in [-0.2, 0) is 0 Å². The van der Waals surface area contributed by atoms with E-state index in [9.17, 15) is 13.6 Å². The SMILES string of the molecule is Cc1ccc(C(=O)N2CCC(F)(F)C2CNc2nc3ccccc3o2)c(-c2ncccn2)c1F. The van der Waals surface area contributed by atoms with E-state index in [1.54, 1.807) is 37.3 Å². The number of halogens is 3. The summed E-state index contributed by atoms with van der Waals surface area (Å²) in [6, 6.07) is 10.0. The number of benzene rings is 2. The van der Waals surface area contributed by atoms with E-state index in [1.165, 1.54) is 24.5 Å². The van der Waals surface area contributed by atoms with Crippen molar-refractivity contribution in [3.8, 4) is 11.4 Å². The van der Waals surface area contributed by atoms with Crippen molar-refractivity contribution in [1.29, 1.82) is 0 Å². The molecule has 1 aliphatic heterocycles. The van der Waals surface area contributed by atoms with Crippen molar-refractivity contribution in [1.82, 2.24) is 19.9 Å². The highest BCUT2D eigenvalue weighted by Gasteiger charge is 2.51. The lowest BCUT2D eigenvalue weighted by Gasteiger charge is -2.28. The normalized spacial score (nSPS) is 17.3. The van der Waals surface area contributed by atoms with Crippen molar-refractivity contribution >= 4 is 23.0 Å². The molecule has 2 aromatic carbocycles. The van der Waals surface area contributed by atoms with Crippen molar-refractivity contribution in [2.45, 2.75) is 25.3 Å². The summed E-state index contributed by atoms with van der Waals surface area (Å²) in [5.74, 6) is -4.52. The number of alkyl halides is 2. The number of carbonyl (C=O) groups is 1. The number of anilines is 1. The van der Waals surface area contributed by atoms with E-state index < -0.39 is 30.1 Å². The molecule has 0 bridgehead atoms. The smallest absolute Gasteiger partial charge is 0.295 e. The molecule has 1 unspecified atom stereocenters. The summed E-state index contributed by atoms with van der Waals surface area (Å²) >= 11 is 0. The molecule has 0 radical (unpaired) electrons. The van der Waals surface area contributed by atoms with Crippen LogP contribution in [0.15, 0.2) is 59.3 Å². The van der Waals surface area contributed by atoms with Gasteiger partial charge in [0.25, 0.3) is 17.8 Å². The fourth-order valence-electron chi connectivity index (χ4n) is 4.11. The van der Waals surface area contributed by atoms with Crippen LogP contribution in [-0.4, -0.2) is 50.8 Å². The summed E-state index contributed by atoms with van der Waals surface area (Å²) in [6.45, 7) is 1.07. The number of rotatable bonds is 5. The molecule has 0 saturated carbocycles. The van der Waals surface area contributed by atoms with E-state index in [1.807, 2.05) is 0 Å². The first-order chi connectivity index (χ1) is 16.3. The molecule has 3 heterocycles. The molecule has 5 rings (SSSR count).